The molecule has 0 spiro atoms. The summed E-state index contributed by atoms with van der Waals surface area (Å²) in [6.07, 6.45) is 2.35. The van der Waals surface area contributed by atoms with Crippen molar-refractivity contribution < 1.29 is 19.4 Å². The zero-order chi connectivity index (χ0) is 26.8. The van der Waals surface area contributed by atoms with Gasteiger partial charge in [-0.05, 0) is 38.0 Å². The fraction of sp³-hybridized carbons (Fsp3) is 0.433. The van der Waals surface area contributed by atoms with Gasteiger partial charge in [0.15, 0.2) is 0 Å². The second kappa shape index (κ2) is 10.7. The summed E-state index contributed by atoms with van der Waals surface area (Å²) in [6.45, 7) is 8.99. The van der Waals surface area contributed by atoms with E-state index >= 15 is 0 Å². The number of carbonyl (C=O) groups is 1. The number of rotatable bonds is 7. The van der Waals surface area contributed by atoms with Gasteiger partial charge in [-0.15, -0.1) is 0 Å². The number of ether oxygens (including phenoxy) is 2. The first-order chi connectivity index (χ1) is 18.2. The van der Waals surface area contributed by atoms with Gasteiger partial charge in [0.25, 0.3) is 0 Å². The molecule has 0 unspecified atom stereocenters. The summed E-state index contributed by atoms with van der Waals surface area (Å²) in [4.78, 5) is 26.5. The molecule has 2 aliphatic rings. The molecule has 2 fully saturated rings. The summed E-state index contributed by atoms with van der Waals surface area (Å²) in [5, 5.41) is 10.6. The highest BCUT2D eigenvalue weighted by molar-refractivity contribution is 5.70. The maximum atomic E-state index is 13.4. The Bertz CT molecular complexity index is 1240. The van der Waals surface area contributed by atoms with Crippen LogP contribution >= 0.6 is 0 Å². The molecule has 2 aromatic carbocycles. The van der Waals surface area contributed by atoms with Gasteiger partial charge in [-0.3, -0.25) is 0 Å². The molecular formula is C30H36N4O4. The summed E-state index contributed by atoms with van der Waals surface area (Å²) < 4.78 is 11.6. The van der Waals surface area contributed by atoms with Crippen LogP contribution in [0.25, 0.3) is 11.3 Å². The molecule has 3 aromatic rings. The summed E-state index contributed by atoms with van der Waals surface area (Å²) in [5.41, 5.74) is 1.94. The molecule has 0 radical (unpaired) electrons. The predicted molar refractivity (Wildman–Crippen MR) is 146 cm³/mol. The van der Waals surface area contributed by atoms with Crippen molar-refractivity contribution in [2.24, 2.45) is 0 Å². The lowest BCUT2D eigenvalue weighted by atomic mass is 9.80. The maximum Gasteiger partial charge on any atom is 0.411 e. The van der Waals surface area contributed by atoms with Crippen molar-refractivity contribution in [2.75, 3.05) is 37.7 Å². The lowest BCUT2D eigenvalue weighted by molar-refractivity contribution is -0.101. The van der Waals surface area contributed by atoms with Crippen LogP contribution < -0.4 is 4.90 Å². The van der Waals surface area contributed by atoms with Crippen LogP contribution in [0.2, 0.25) is 0 Å². The molecule has 2 aliphatic heterocycles. The average Bonchev–Trinajstić information content (AvgIpc) is 2.93. The quantitative estimate of drug-likeness (QED) is 0.476. The van der Waals surface area contributed by atoms with E-state index in [2.05, 4.69) is 9.88 Å². The summed E-state index contributed by atoms with van der Waals surface area (Å²) in [6, 6.07) is 19.7. The zero-order valence-corrected chi connectivity index (χ0v) is 22.3. The minimum absolute atomic E-state index is 0.165. The molecule has 200 valence electrons. The molecule has 2 saturated heterocycles. The number of hydrogen-bond acceptors (Lipinski definition) is 7. The third-order valence-corrected chi connectivity index (χ3v) is 7.38. The lowest BCUT2D eigenvalue weighted by Crippen LogP contribution is -2.51. The molecular weight excluding hydrogens is 480 g/mol. The van der Waals surface area contributed by atoms with Gasteiger partial charge >= 0.3 is 6.09 Å². The van der Waals surface area contributed by atoms with E-state index in [1.54, 1.807) is 24.9 Å². The second-order valence-corrected chi connectivity index (χ2v) is 10.8. The summed E-state index contributed by atoms with van der Waals surface area (Å²) >= 11 is 0. The normalized spacial score (nSPS) is 21.2. The van der Waals surface area contributed by atoms with E-state index in [9.17, 15) is 9.90 Å². The first kappa shape index (κ1) is 26.1. The van der Waals surface area contributed by atoms with Crippen molar-refractivity contribution in [3.05, 3.63) is 78.0 Å². The summed E-state index contributed by atoms with van der Waals surface area (Å²) in [5.74, 6) is 0.715. The Hall–Kier alpha value is -3.49. The second-order valence-electron chi connectivity index (χ2n) is 10.8. The third kappa shape index (κ3) is 5.66. The van der Waals surface area contributed by atoms with Crippen LogP contribution in [0.1, 0.15) is 50.8 Å². The number of nitrogens with zero attached hydrogens (tertiary/aromatic N) is 4. The van der Waals surface area contributed by atoms with Crippen molar-refractivity contribution in [3.8, 4) is 11.3 Å². The smallest absolute Gasteiger partial charge is 0.411 e. The van der Waals surface area contributed by atoms with Gasteiger partial charge in [0.1, 0.15) is 5.60 Å². The van der Waals surface area contributed by atoms with Crippen LogP contribution in [0.4, 0.5) is 10.7 Å². The SMILES string of the molecule is C[C@@H](c1ccc(-c2ccnc(N3CCOCC3)n2)cc1)N1CC[C@](CC(C)(C)O)(c2ccccc2)OC1=O. The highest BCUT2D eigenvalue weighted by atomic mass is 16.6. The molecule has 0 saturated carbocycles. The highest BCUT2D eigenvalue weighted by Crippen LogP contribution is 2.42. The number of cyclic esters (lactones) is 1. The Labute approximate surface area is 224 Å². The Morgan fingerprint density at radius 1 is 1.03 bits per heavy atom. The Morgan fingerprint density at radius 3 is 2.39 bits per heavy atom. The number of morpholine rings is 1. The van der Waals surface area contributed by atoms with Crippen molar-refractivity contribution in [1.82, 2.24) is 14.9 Å². The van der Waals surface area contributed by atoms with Gasteiger partial charge in [-0.2, -0.15) is 0 Å². The van der Waals surface area contributed by atoms with Gasteiger partial charge < -0.3 is 24.4 Å². The van der Waals surface area contributed by atoms with Crippen molar-refractivity contribution in [2.45, 2.75) is 50.9 Å². The van der Waals surface area contributed by atoms with E-state index in [1.807, 2.05) is 67.6 Å². The minimum Gasteiger partial charge on any atom is -0.438 e. The Kier molecular flexibility index (Phi) is 7.36. The Balaban J connectivity index is 1.31. The average molecular weight is 517 g/mol. The molecule has 5 rings (SSSR count). The van der Waals surface area contributed by atoms with E-state index in [0.29, 0.717) is 38.5 Å². The largest absolute Gasteiger partial charge is 0.438 e. The topological polar surface area (TPSA) is 88.0 Å². The van der Waals surface area contributed by atoms with Gasteiger partial charge in [-0.25, -0.2) is 14.8 Å². The number of benzene rings is 2. The minimum atomic E-state index is -0.984. The molecule has 8 nitrogen and oxygen atoms in total. The van der Waals surface area contributed by atoms with Crippen molar-refractivity contribution >= 4 is 12.0 Å². The molecule has 2 atom stereocenters. The van der Waals surface area contributed by atoms with Crippen LogP contribution in [0.3, 0.4) is 0 Å². The van der Waals surface area contributed by atoms with E-state index in [1.165, 1.54) is 0 Å². The maximum absolute atomic E-state index is 13.4. The van der Waals surface area contributed by atoms with Gasteiger partial charge in [0.2, 0.25) is 5.95 Å². The molecule has 0 bridgehead atoms. The van der Waals surface area contributed by atoms with Crippen molar-refractivity contribution in [3.63, 3.8) is 0 Å². The number of hydrogen-bond donors (Lipinski definition) is 1. The number of aromatic nitrogens is 2. The van der Waals surface area contributed by atoms with E-state index in [4.69, 9.17) is 14.5 Å². The molecule has 1 N–H and O–H groups in total. The number of carbonyl (C=O) groups excluding carboxylic acids is 1. The molecule has 1 amide bonds. The van der Waals surface area contributed by atoms with Crippen LogP contribution in [0.15, 0.2) is 66.9 Å². The van der Waals surface area contributed by atoms with E-state index in [-0.39, 0.29) is 12.1 Å². The number of amides is 1. The van der Waals surface area contributed by atoms with Crippen molar-refractivity contribution in [1.29, 1.82) is 0 Å². The first-order valence-electron chi connectivity index (χ1n) is 13.3. The molecule has 38 heavy (non-hydrogen) atoms. The predicted octanol–water partition coefficient (Wildman–Crippen LogP) is 4.94. The monoisotopic (exact) mass is 516 g/mol. The van der Waals surface area contributed by atoms with E-state index < -0.39 is 11.2 Å². The molecule has 0 aliphatic carbocycles. The van der Waals surface area contributed by atoms with E-state index in [0.717, 1.165) is 35.5 Å². The third-order valence-electron chi connectivity index (χ3n) is 7.38. The molecule has 3 heterocycles. The number of aliphatic hydroxyl groups is 1. The van der Waals surface area contributed by atoms with Crippen LogP contribution in [0, 0.1) is 0 Å². The first-order valence-corrected chi connectivity index (χ1v) is 13.3. The van der Waals surface area contributed by atoms with Crippen LogP contribution in [-0.2, 0) is 15.1 Å². The van der Waals surface area contributed by atoms with Crippen LogP contribution in [-0.4, -0.2) is 64.5 Å². The fourth-order valence-electron chi connectivity index (χ4n) is 5.43. The van der Waals surface area contributed by atoms with Gasteiger partial charge in [0.05, 0.1) is 30.6 Å². The Morgan fingerprint density at radius 2 is 1.74 bits per heavy atom. The summed E-state index contributed by atoms with van der Waals surface area (Å²) in [7, 11) is 0. The number of anilines is 1. The van der Waals surface area contributed by atoms with Gasteiger partial charge in [0, 0.05) is 44.2 Å². The lowest BCUT2D eigenvalue weighted by Gasteiger charge is -2.45. The standard InChI is InChI=1S/C30H36N4O4/c1-22(34-16-14-30(38-28(34)35,21-29(2,3)36)25-7-5-4-6-8-25)23-9-11-24(12-10-23)26-13-15-31-27(32-26)33-17-19-37-20-18-33/h4-13,15,22,36H,14,16-21H2,1-3H3/t22-,30-/m0/s1. The van der Waals surface area contributed by atoms with Gasteiger partial charge in [-0.1, -0.05) is 54.6 Å². The van der Waals surface area contributed by atoms with Crippen LogP contribution in [0.5, 0.6) is 0 Å². The highest BCUT2D eigenvalue weighted by Gasteiger charge is 2.46. The molecule has 8 heteroatoms. The zero-order valence-electron chi connectivity index (χ0n) is 22.3. The fourth-order valence-corrected chi connectivity index (χ4v) is 5.43. The molecule has 1 aromatic heterocycles.